The van der Waals surface area contributed by atoms with E-state index in [0.717, 1.165) is 20.9 Å². The van der Waals surface area contributed by atoms with E-state index >= 15 is 0 Å². The molecule has 0 radical (unpaired) electrons. The van der Waals surface area contributed by atoms with Crippen LogP contribution in [0.15, 0.2) is 33.1 Å². The maximum atomic E-state index is 6.33. The molecule has 0 aliphatic heterocycles. The average Bonchev–Trinajstić information content (AvgIpc) is 2.80. The number of aryl methyl sites for hydroxylation is 2. The van der Waals surface area contributed by atoms with Crippen molar-refractivity contribution < 1.29 is 0 Å². The van der Waals surface area contributed by atoms with E-state index in [9.17, 15) is 0 Å². The van der Waals surface area contributed by atoms with Gasteiger partial charge >= 0.3 is 0 Å². The van der Waals surface area contributed by atoms with Crippen molar-refractivity contribution in [2.45, 2.75) is 43.5 Å². The molecule has 0 amide bonds. The minimum atomic E-state index is 0.133. The van der Waals surface area contributed by atoms with Crippen LogP contribution in [-0.4, -0.2) is 11.0 Å². The van der Waals surface area contributed by atoms with E-state index in [2.05, 4.69) is 59.0 Å². The molecule has 2 unspecified atom stereocenters. The molecule has 0 saturated heterocycles. The van der Waals surface area contributed by atoms with Crippen molar-refractivity contribution in [2.24, 2.45) is 5.73 Å². The lowest BCUT2D eigenvalue weighted by Crippen LogP contribution is -2.25. The van der Waals surface area contributed by atoms with Crippen molar-refractivity contribution in [1.29, 1.82) is 0 Å². The minimum Gasteiger partial charge on any atom is -0.326 e. The summed E-state index contributed by atoms with van der Waals surface area (Å²) in [5.41, 5.74) is 8.63. The highest BCUT2D eigenvalue weighted by Crippen LogP contribution is 2.41. The summed E-state index contributed by atoms with van der Waals surface area (Å²) in [6, 6.07) is 8.61. The summed E-state index contributed by atoms with van der Waals surface area (Å²) in [6.45, 7) is 6.28. The van der Waals surface area contributed by atoms with Crippen molar-refractivity contribution in [3.8, 4) is 0 Å². The standard InChI is InChI=1S/C15H19BrN2S2/c1-4-11(17)15(12-5-6-13(16)19-12)20-14-8-9(2)7-10(3)18-14/h5-8,11,15H,4,17H2,1-3H3. The summed E-state index contributed by atoms with van der Waals surface area (Å²) in [5.74, 6) is 0. The predicted octanol–water partition coefficient (Wildman–Crippen LogP) is 5.09. The number of hydrogen-bond acceptors (Lipinski definition) is 4. The minimum absolute atomic E-state index is 0.133. The number of nitrogens with two attached hydrogens (primary N) is 1. The molecule has 2 N–H and O–H groups in total. The number of aromatic nitrogens is 1. The Bertz CT molecular complexity index is 563. The van der Waals surface area contributed by atoms with Crippen molar-refractivity contribution in [1.82, 2.24) is 4.98 Å². The number of rotatable bonds is 5. The summed E-state index contributed by atoms with van der Waals surface area (Å²) >= 11 is 7.06. The number of thiophene rings is 1. The quantitative estimate of drug-likeness (QED) is 0.744. The third-order valence-corrected chi connectivity index (χ3v) is 6.22. The zero-order chi connectivity index (χ0) is 14.7. The first-order chi connectivity index (χ1) is 9.49. The molecule has 0 aromatic carbocycles. The SMILES string of the molecule is CCC(N)C(Sc1cc(C)cc(C)n1)c1ccc(Br)s1. The lowest BCUT2D eigenvalue weighted by molar-refractivity contribution is 0.639. The summed E-state index contributed by atoms with van der Waals surface area (Å²) in [5, 5.41) is 1.31. The topological polar surface area (TPSA) is 38.9 Å². The lowest BCUT2D eigenvalue weighted by Gasteiger charge is -2.21. The van der Waals surface area contributed by atoms with Gasteiger partial charge in [0.25, 0.3) is 0 Å². The van der Waals surface area contributed by atoms with Crippen LogP contribution in [0.2, 0.25) is 0 Å². The smallest absolute Gasteiger partial charge is 0.0972 e. The van der Waals surface area contributed by atoms with Gasteiger partial charge in [-0.25, -0.2) is 4.98 Å². The maximum Gasteiger partial charge on any atom is 0.0972 e. The molecular weight excluding hydrogens is 352 g/mol. The molecule has 2 heterocycles. The Hall–Kier alpha value is -0.360. The Morgan fingerprint density at radius 1 is 1.35 bits per heavy atom. The van der Waals surface area contributed by atoms with Gasteiger partial charge in [0.05, 0.1) is 14.1 Å². The Kier molecular flexibility index (Phi) is 5.66. The molecule has 0 saturated carbocycles. The third kappa shape index (κ3) is 4.07. The molecule has 108 valence electrons. The summed E-state index contributed by atoms with van der Waals surface area (Å²) in [7, 11) is 0. The fourth-order valence-corrected chi connectivity index (χ4v) is 5.09. The van der Waals surface area contributed by atoms with Crippen LogP contribution >= 0.6 is 39.0 Å². The fourth-order valence-electron chi connectivity index (χ4n) is 2.05. The van der Waals surface area contributed by atoms with Crippen LogP contribution in [0.25, 0.3) is 0 Å². The van der Waals surface area contributed by atoms with Crippen molar-refractivity contribution in [3.05, 3.63) is 44.2 Å². The van der Waals surface area contributed by atoms with Gasteiger partial charge in [-0.05, 0) is 66.0 Å². The van der Waals surface area contributed by atoms with Crippen LogP contribution in [0.3, 0.4) is 0 Å². The summed E-state index contributed by atoms with van der Waals surface area (Å²) in [4.78, 5) is 5.93. The van der Waals surface area contributed by atoms with Crippen LogP contribution in [0.1, 0.15) is 34.7 Å². The Balaban J connectivity index is 2.28. The first-order valence-electron chi connectivity index (χ1n) is 6.62. The zero-order valence-corrected chi connectivity index (χ0v) is 15.1. The molecule has 2 atom stereocenters. The third-order valence-electron chi connectivity index (χ3n) is 3.06. The highest BCUT2D eigenvalue weighted by atomic mass is 79.9. The predicted molar refractivity (Wildman–Crippen MR) is 92.6 cm³/mol. The van der Waals surface area contributed by atoms with Gasteiger partial charge in [-0.3, -0.25) is 0 Å². The molecular formula is C15H19BrN2S2. The molecule has 0 fully saturated rings. The van der Waals surface area contributed by atoms with Crippen LogP contribution in [0.4, 0.5) is 0 Å². The van der Waals surface area contributed by atoms with Crippen LogP contribution < -0.4 is 5.73 Å². The normalized spacial score (nSPS) is 14.2. The highest BCUT2D eigenvalue weighted by Gasteiger charge is 2.22. The summed E-state index contributed by atoms with van der Waals surface area (Å²) in [6.07, 6.45) is 0.956. The van der Waals surface area contributed by atoms with E-state index in [0.29, 0.717) is 0 Å². The second kappa shape index (κ2) is 7.07. The van der Waals surface area contributed by atoms with Gasteiger partial charge in [0.2, 0.25) is 0 Å². The van der Waals surface area contributed by atoms with Gasteiger partial charge in [-0.2, -0.15) is 0 Å². The number of nitrogens with zero attached hydrogens (tertiary/aromatic N) is 1. The van der Waals surface area contributed by atoms with E-state index in [1.165, 1.54) is 10.4 Å². The zero-order valence-electron chi connectivity index (χ0n) is 11.9. The Labute approximate surface area is 137 Å². The average molecular weight is 371 g/mol. The van der Waals surface area contributed by atoms with Gasteiger partial charge in [0, 0.05) is 16.6 Å². The number of thioether (sulfide) groups is 1. The molecule has 2 nitrogen and oxygen atoms in total. The molecule has 2 aromatic rings. The van der Waals surface area contributed by atoms with Crippen molar-refractivity contribution >= 4 is 39.0 Å². The first-order valence-corrected chi connectivity index (χ1v) is 9.11. The van der Waals surface area contributed by atoms with Gasteiger partial charge in [-0.1, -0.05) is 18.7 Å². The molecule has 0 spiro atoms. The van der Waals surface area contributed by atoms with Gasteiger partial charge in [0.15, 0.2) is 0 Å². The monoisotopic (exact) mass is 370 g/mol. The van der Waals surface area contributed by atoms with Gasteiger partial charge in [-0.15, -0.1) is 11.3 Å². The molecule has 2 aromatic heterocycles. The largest absolute Gasteiger partial charge is 0.326 e. The van der Waals surface area contributed by atoms with E-state index < -0.39 is 0 Å². The van der Waals surface area contributed by atoms with Crippen molar-refractivity contribution in [3.63, 3.8) is 0 Å². The number of pyridine rings is 1. The second-order valence-electron chi connectivity index (χ2n) is 4.88. The molecule has 20 heavy (non-hydrogen) atoms. The number of halogens is 1. The fraction of sp³-hybridized carbons (Fsp3) is 0.400. The van der Waals surface area contributed by atoms with Crippen LogP contribution in [0.5, 0.6) is 0 Å². The van der Waals surface area contributed by atoms with E-state index in [4.69, 9.17) is 5.73 Å². The van der Waals surface area contributed by atoms with Gasteiger partial charge < -0.3 is 5.73 Å². The molecule has 0 aliphatic carbocycles. The summed E-state index contributed by atoms with van der Waals surface area (Å²) < 4.78 is 1.15. The molecule has 0 aliphatic rings. The van der Waals surface area contributed by atoms with E-state index in [1.807, 2.05) is 6.92 Å². The highest BCUT2D eigenvalue weighted by molar-refractivity contribution is 9.11. The first kappa shape index (κ1) is 16.0. The lowest BCUT2D eigenvalue weighted by atomic mass is 10.1. The Morgan fingerprint density at radius 2 is 2.10 bits per heavy atom. The molecule has 0 bridgehead atoms. The van der Waals surface area contributed by atoms with Gasteiger partial charge in [0.1, 0.15) is 0 Å². The van der Waals surface area contributed by atoms with Crippen molar-refractivity contribution in [2.75, 3.05) is 0 Å². The van der Waals surface area contributed by atoms with E-state index in [1.54, 1.807) is 23.1 Å². The second-order valence-corrected chi connectivity index (χ2v) is 8.53. The molecule has 2 rings (SSSR count). The van der Waals surface area contributed by atoms with E-state index in [-0.39, 0.29) is 11.3 Å². The maximum absolute atomic E-state index is 6.33. The van der Waals surface area contributed by atoms with Crippen LogP contribution in [-0.2, 0) is 0 Å². The Morgan fingerprint density at radius 3 is 2.65 bits per heavy atom. The number of hydrogen-bond donors (Lipinski definition) is 1. The molecule has 5 heteroatoms. The van der Waals surface area contributed by atoms with Crippen LogP contribution in [0, 0.1) is 13.8 Å².